The van der Waals surface area contributed by atoms with Crippen LogP contribution in [0.3, 0.4) is 0 Å². The van der Waals surface area contributed by atoms with Crippen molar-refractivity contribution in [3.05, 3.63) is 54.2 Å². The van der Waals surface area contributed by atoms with E-state index in [0.29, 0.717) is 18.2 Å². The molecule has 0 bridgehead atoms. The van der Waals surface area contributed by atoms with Crippen molar-refractivity contribution in [1.29, 1.82) is 0 Å². The molecule has 0 aliphatic heterocycles. The Bertz CT molecular complexity index is 773. The fourth-order valence-corrected chi connectivity index (χ4v) is 2.25. The van der Waals surface area contributed by atoms with Gasteiger partial charge in [-0.15, -0.1) is 0 Å². The summed E-state index contributed by atoms with van der Waals surface area (Å²) in [5, 5.41) is 2.34. The highest BCUT2D eigenvalue weighted by Crippen LogP contribution is 2.23. The number of fused-ring (bicyclic) bond motifs is 1. The van der Waals surface area contributed by atoms with Crippen LogP contribution in [0.1, 0.15) is 5.69 Å². The molecule has 0 radical (unpaired) electrons. The van der Waals surface area contributed by atoms with Crippen molar-refractivity contribution in [2.75, 3.05) is 12.5 Å². The lowest BCUT2D eigenvalue weighted by atomic mass is 10.1. The minimum atomic E-state index is 0.414. The van der Waals surface area contributed by atoms with E-state index in [1.54, 1.807) is 13.2 Å². The topological polar surface area (TPSA) is 73.1 Å². The van der Waals surface area contributed by atoms with Gasteiger partial charge >= 0.3 is 0 Å². The Morgan fingerprint density at radius 3 is 2.62 bits per heavy atom. The molecule has 21 heavy (non-hydrogen) atoms. The number of rotatable bonds is 4. The van der Waals surface area contributed by atoms with Gasteiger partial charge < -0.3 is 10.2 Å². The van der Waals surface area contributed by atoms with Gasteiger partial charge in [0.25, 0.3) is 0 Å². The quantitative estimate of drug-likeness (QED) is 0.568. The van der Waals surface area contributed by atoms with Crippen molar-refractivity contribution >= 4 is 16.6 Å². The number of nitrogens with one attached hydrogen (secondary N) is 1. The number of ether oxygens (including phenoxy) is 1. The largest absolute Gasteiger partial charge is 0.378 e. The van der Waals surface area contributed by atoms with Gasteiger partial charge in [-0.05, 0) is 16.8 Å². The molecule has 0 fully saturated rings. The number of hydrazine groups is 1. The maximum atomic E-state index is 5.47. The van der Waals surface area contributed by atoms with Gasteiger partial charge in [0.15, 0.2) is 5.82 Å². The van der Waals surface area contributed by atoms with E-state index < -0.39 is 0 Å². The van der Waals surface area contributed by atoms with E-state index in [1.807, 2.05) is 18.2 Å². The summed E-state index contributed by atoms with van der Waals surface area (Å²) in [7, 11) is 1.63. The van der Waals surface area contributed by atoms with E-state index >= 15 is 0 Å². The average molecular weight is 280 g/mol. The van der Waals surface area contributed by atoms with Crippen molar-refractivity contribution in [3.8, 4) is 11.4 Å². The molecule has 1 aromatic heterocycles. The first-order valence-electron chi connectivity index (χ1n) is 6.63. The smallest absolute Gasteiger partial charge is 0.161 e. The Morgan fingerprint density at radius 1 is 1.05 bits per heavy atom. The predicted octanol–water partition coefficient (Wildman–Crippen LogP) is 2.73. The van der Waals surface area contributed by atoms with Crippen LogP contribution in [0.15, 0.2) is 48.5 Å². The van der Waals surface area contributed by atoms with Gasteiger partial charge in [-0.1, -0.05) is 36.4 Å². The number of nitrogen functional groups attached to an aromatic ring is 1. The standard InChI is InChI=1S/C16H16N4O/c1-21-10-14-9-15(20-17)19-16(18-14)13-7-6-11-4-2-3-5-12(11)8-13/h2-9H,10,17H2,1H3,(H,18,19,20). The van der Waals surface area contributed by atoms with Crippen LogP contribution in [0.5, 0.6) is 0 Å². The molecule has 1 heterocycles. The first-order valence-corrected chi connectivity index (χ1v) is 6.63. The van der Waals surface area contributed by atoms with E-state index in [4.69, 9.17) is 10.6 Å². The minimum absolute atomic E-state index is 0.414. The highest BCUT2D eigenvalue weighted by Gasteiger charge is 2.07. The minimum Gasteiger partial charge on any atom is -0.378 e. The molecule has 2 aromatic carbocycles. The lowest BCUT2D eigenvalue weighted by Gasteiger charge is -2.08. The number of hydrogen-bond donors (Lipinski definition) is 2. The Hall–Kier alpha value is -2.50. The molecule has 5 heteroatoms. The molecular weight excluding hydrogens is 264 g/mol. The van der Waals surface area contributed by atoms with Gasteiger partial charge in [0.05, 0.1) is 12.3 Å². The third-order valence-corrected chi connectivity index (χ3v) is 3.23. The van der Waals surface area contributed by atoms with E-state index in [0.717, 1.165) is 16.6 Å². The second-order valence-corrected chi connectivity index (χ2v) is 4.71. The normalized spacial score (nSPS) is 10.8. The number of aromatic nitrogens is 2. The van der Waals surface area contributed by atoms with Gasteiger partial charge in [-0.2, -0.15) is 0 Å². The predicted molar refractivity (Wildman–Crippen MR) is 83.5 cm³/mol. The first-order chi connectivity index (χ1) is 10.3. The fourth-order valence-electron chi connectivity index (χ4n) is 2.25. The molecule has 0 unspecified atom stereocenters. The summed E-state index contributed by atoms with van der Waals surface area (Å²) in [5.74, 6) is 6.67. The summed E-state index contributed by atoms with van der Waals surface area (Å²) in [6, 6.07) is 16.1. The number of benzene rings is 2. The molecule has 3 aromatic rings. The van der Waals surface area contributed by atoms with Crippen molar-refractivity contribution < 1.29 is 4.74 Å². The molecule has 0 aliphatic carbocycles. The van der Waals surface area contributed by atoms with Crippen LogP contribution in [0.25, 0.3) is 22.2 Å². The molecule has 0 saturated carbocycles. The molecule has 0 atom stereocenters. The Balaban J connectivity index is 2.10. The van der Waals surface area contributed by atoms with Crippen molar-refractivity contribution in [2.45, 2.75) is 6.61 Å². The zero-order valence-electron chi connectivity index (χ0n) is 11.7. The van der Waals surface area contributed by atoms with Crippen LogP contribution in [-0.2, 0) is 11.3 Å². The molecule has 5 nitrogen and oxygen atoms in total. The second-order valence-electron chi connectivity index (χ2n) is 4.71. The zero-order chi connectivity index (χ0) is 14.7. The first kappa shape index (κ1) is 13.5. The summed E-state index contributed by atoms with van der Waals surface area (Å²) in [6.45, 7) is 0.414. The second kappa shape index (κ2) is 5.87. The van der Waals surface area contributed by atoms with E-state index in [-0.39, 0.29) is 0 Å². The molecule has 106 valence electrons. The van der Waals surface area contributed by atoms with Gasteiger partial charge in [0, 0.05) is 18.7 Å². The third-order valence-electron chi connectivity index (χ3n) is 3.23. The van der Waals surface area contributed by atoms with Gasteiger partial charge in [0.1, 0.15) is 5.82 Å². The molecule has 3 rings (SSSR count). The van der Waals surface area contributed by atoms with E-state index in [9.17, 15) is 0 Å². The fraction of sp³-hybridized carbons (Fsp3) is 0.125. The van der Waals surface area contributed by atoms with Crippen molar-refractivity contribution in [3.63, 3.8) is 0 Å². The van der Waals surface area contributed by atoms with Crippen molar-refractivity contribution in [2.24, 2.45) is 5.84 Å². The number of nitrogens with two attached hydrogens (primary N) is 1. The van der Waals surface area contributed by atoms with Gasteiger partial charge in [-0.25, -0.2) is 15.8 Å². The summed E-state index contributed by atoms with van der Waals surface area (Å²) in [6.07, 6.45) is 0. The maximum Gasteiger partial charge on any atom is 0.161 e. The van der Waals surface area contributed by atoms with Crippen LogP contribution in [0.4, 0.5) is 5.82 Å². The zero-order valence-corrected chi connectivity index (χ0v) is 11.7. The van der Waals surface area contributed by atoms with Crippen LogP contribution in [0, 0.1) is 0 Å². The summed E-state index contributed by atoms with van der Waals surface area (Å²) in [5.41, 5.74) is 4.29. The summed E-state index contributed by atoms with van der Waals surface area (Å²) in [4.78, 5) is 8.92. The van der Waals surface area contributed by atoms with Crippen LogP contribution < -0.4 is 11.3 Å². The lowest BCUT2D eigenvalue weighted by molar-refractivity contribution is 0.181. The van der Waals surface area contributed by atoms with E-state index in [2.05, 4.69) is 39.7 Å². The Kier molecular flexibility index (Phi) is 3.77. The van der Waals surface area contributed by atoms with Crippen LogP contribution >= 0.6 is 0 Å². The summed E-state index contributed by atoms with van der Waals surface area (Å²) < 4.78 is 5.13. The molecule has 0 spiro atoms. The lowest BCUT2D eigenvalue weighted by Crippen LogP contribution is -2.10. The monoisotopic (exact) mass is 280 g/mol. The van der Waals surface area contributed by atoms with Crippen LogP contribution in [0.2, 0.25) is 0 Å². The number of nitrogens with zero attached hydrogens (tertiary/aromatic N) is 2. The van der Waals surface area contributed by atoms with Gasteiger partial charge in [0.2, 0.25) is 0 Å². The Morgan fingerprint density at radius 2 is 1.86 bits per heavy atom. The molecule has 0 amide bonds. The van der Waals surface area contributed by atoms with Crippen LogP contribution in [-0.4, -0.2) is 17.1 Å². The maximum absolute atomic E-state index is 5.47. The average Bonchev–Trinajstić information content (AvgIpc) is 2.54. The number of hydrogen-bond acceptors (Lipinski definition) is 5. The highest BCUT2D eigenvalue weighted by molar-refractivity contribution is 5.86. The Labute approximate surface area is 122 Å². The molecular formula is C16H16N4O. The number of anilines is 1. The highest BCUT2D eigenvalue weighted by atomic mass is 16.5. The van der Waals surface area contributed by atoms with E-state index in [1.165, 1.54) is 5.39 Å². The number of methoxy groups -OCH3 is 1. The third kappa shape index (κ3) is 2.84. The summed E-state index contributed by atoms with van der Waals surface area (Å²) >= 11 is 0. The SMILES string of the molecule is COCc1cc(NN)nc(-c2ccc3ccccc3c2)n1. The van der Waals surface area contributed by atoms with Gasteiger partial charge in [-0.3, -0.25) is 0 Å². The molecule has 3 N–H and O–H groups in total. The van der Waals surface area contributed by atoms with Crippen molar-refractivity contribution in [1.82, 2.24) is 9.97 Å². The molecule has 0 aliphatic rings. The molecule has 0 saturated heterocycles.